The molecule has 1 aliphatic heterocycles. The summed E-state index contributed by atoms with van der Waals surface area (Å²) in [6.45, 7) is 2.00. The number of alkyl halides is 3. The lowest BCUT2D eigenvalue weighted by molar-refractivity contribution is -0.385. The minimum Gasteiger partial charge on any atom is -0.369 e. The number of hydrogen-bond acceptors (Lipinski definition) is 7. The highest BCUT2D eigenvalue weighted by Gasteiger charge is 2.32. The number of nitrogens with one attached hydrogen (secondary N) is 1. The third-order valence-corrected chi connectivity index (χ3v) is 5.36. The Morgan fingerprint density at radius 1 is 1.16 bits per heavy atom. The summed E-state index contributed by atoms with van der Waals surface area (Å²) in [5.74, 6) is 1.21. The van der Waals surface area contributed by atoms with Crippen LogP contribution in [0.25, 0.3) is 10.9 Å². The molecule has 8 nitrogen and oxygen atoms in total. The fourth-order valence-electron chi connectivity index (χ4n) is 3.66. The van der Waals surface area contributed by atoms with Crippen molar-refractivity contribution >= 4 is 39.8 Å². The molecule has 32 heavy (non-hydrogen) atoms. The van der Waals surface area contributed by atoms with Gasteiger partial charge in [0.2, 0.25) is 5.28 Å². The second kappa shape index (κ2) is 8.73. The number of nitrogens with zero attached hydrogens (tertiary/aromatic N) is 5. The Hall–Kier alpha value is -3.21. The monoisotopic (exact) mass is 466 g/mol. The van der Waals surface area contributed by atoms with Crippen molar-refractivity contribution in [3.8, 4) is 0 Å². The summed E-state index contributed by atoms with van der Waals surface area (Å²) < 4.78 is 39.3. The van der Waals surface area contributed by atoms with Crippen LogP contribution in [-0.2, 0) is 12.6 Å². The van der Waals surface area contributed by atoms with Crippen LogP contribution in [-0.4, -0.2) is 39.5 Å². The van der Waals surface area contributed by atoms with Gasteiger partial charge >= 0.3 is 6.18 Å². The topological polar surface area (TPSA) is 97.1 Å². The van der Waals surface area contributed by atoms with Gasteiger partial charge in [0.25, 0.3) is 5.69 Å². The van der Waals surface area contributed by atoms with E-state index in [0.717, 1.165) is 43.9 Å². The SMILES string of the molecule is O=[N+]([O-])c1cc(CCNc2nc(Cl)nc3cnc(N4CCCC4)cc23)cc(C(F)(F)F)c1. The van der Waals surface area contributed by atoms with Crippen LogP contribution < -0.4 is 10.2 Å². The first kappa shape index (κ1) is 22.0. The molecule has 12 heteroatoms. The van der Waals surface area contributed by atoms with Crippen LogP contribution in [0.15, 0.2) is 30.5 Å². The van der Waals surface area contributed by atoms with E-state index in [1.807, 2.05) is 6.07 Å². The third-order valence-electron chi connectivity index (χ3n) is 5.19. The number of pyridine rings is 1. The van der Waals surface area contributed by atoms with Crippen molar-refractivity contribution in [2.24, 2.45) is 0 Å². The molecule has 4 rings (SSSR count). The number of aromatic nitrogens is 3. The number of nitro groups is 1. The average Bonchev–Trinajstić information content (AvgIpc) is 3.27. The summed E-state index contributed by atoms with van der Waals surface area (Å²) in [7, 11) is 0. The molecule has 1 saturated heterocycles. The Bertz CT molecular complexity index is 1170. The summed E-state index contributed by atoms with van der Waals surface area (Å²) in [5.41, 5.74) is -0.946. The molecule has 1 N–H and O–H groups in total. The zero-order chi connectivity index (χ0) is 22.9. The number of non-ortho nitro benzene ring substituents is 1. The van der Waals surface area contributed by atoms with E-state index in [4.69, 9.17) is 11.6 Å². The largest absolute Gasteiger partial charge is 0.416 e. The van der Waals surface area contributed by atoms with Crippen molar-refractivity contribution in [2.75, 3.05) is 29.9 Å². The number of fused-ring (bicyclic) bond motifs is 1. The molecule has 168 valence electrons. The lowest BCUT2D eigenvalue weighted by atomic mass is 10.1. The summed E-state index contributed by atoms with van der Waals surface area (Å²) >= 11 is 6.01. The molecule has 0 radical (unpaired) electrons. The van der Waals surface area contributed by atoms with Crippen LogP contribution in [0, 0.1) is 10.1 Å². The van der Waals surface area contributed by atoms with Crippen LogP contribution in [0.4, 0.5) is 30.5 Å². The van der Waals surface area contributed by atoms with Gasteiger partial charge < -0.3 is 10.2 Å². The van der Waals surface area contributed by atoms with Crippen molar-refractivity contribution in [1.29, 1.82) is 0 Å². The molecule has 0 unspecified atom stereocenters. The second-order valence-corrected chi connectivity index (χ2v) is 7.75. The van der Waals surface area contributed by atoms with E-state index in [1.165, 1.54) is 0 Å². The molecule has 0 spiro atoms. The Morgan fingerprint density at radius 2 is 1.91 bits per heavy atom. The van der Waals surface area contributed by atoms with Crippen molar-refractivity contribution in [2.45, 2.75) is 25.4 Å². The maximum Gasteiger partial charge on any atom is 0.416 e. The van der Waals surface area contributed by atoms with Crippen LogP contribution in [0.3, 0.4) is 0 Å². The number of benzene rings is 1. The fourth-order valence-corrected chi connectivity index (χ4v) is 3.83. The molecule has 1 aliphatic rings. The first-order chi connectivity index (χ1) is 15.2. The third kappa shape index (κ3) is 4.82. The van der Waals surface area contributed by atoms with Gasteiger partial charge in [-0.25, -0.2) is 15.0 Å². The number of halogens is 4. The number of nitro benzene ring substituents is 1. The average molecular weight is 467 g/mol. The summed E-state index contributed by atoms with van der Waals surface area (Å²) in [5, 5.41) is 14.8. The summed E-state index contributed by atoms with van der Waals surface area (Å²) in [6.07, 6.45) is -0.782. The first-order valence-corrected chi connectivity index (χ1v) is 10.3. The van der Waals surface area contributed by atoms with Crippen molar-refractivity contribution in [1.82, 2.24) is 15.0 Å². The molecular formula is C20H18ClF3N6O2. The summed E-state index contributed by atoms with van der Waals surface area (Å²) in [6, 6.07) is 4.43. The van der Waals surface area contributed by atoms with Gasteiger partial charge in [-0.3, -0.25) is 10.1 Å². The molecule has 1 fully saturated rings. The van der Waals surface area contributed by atoms with E-state index in [9.17, 15) is 23.3 Å². The smallest absolute Gasteiger partial charge is 0.369 e. The quantitative estimate of drug-likeness (QED) is 0.315. The van der Waals surface area contributed by atoms with Gasteiger partial charge in [0.05, 0.1) is 22.2 Å². The van der Waals surface area contributed by atoms with E-state index in [0.29, 0.717) is 22.8 Å². The molecular weight excluding hydrogens is 449 g/mol. The molecule has 3 aromatic rings. The molecule has 0 amide bonds. The van der Waals surface area contributed by atoms with Crippen LogP contribution in [0.2, 0.25) is 5.28 Å². The Kier molecular flexibility index (Phi) is 6.00. The van der Waals surface area contributed by atoms with Gasteiger partial charge in [0.15, 0.2) is 0 Å². The van der Waals surface area contributed by atoms with E-state index in [1.54, 1.807) is 6.20 Å². The summed E-state index contributed by atoms with van der Waals surface area (Å²) in [4.78, 5) is 25.2. The standard InChI is InChI=1S/C20H18ClF3N6O2/c21-19-27-16-11-26-17(29-5-1-2-6-29)10-15(16)18(28-19)25-4-3-12-7-13(20(22,23)24)9-14(8-12)30(31)32/h7-11H,1-6H2,(H,25,27,28). The lowest BCUT2D eigenvalue weighted by Gasteiger charge is -2.17. The number of anilines is 2. The van der Waals surface area contributed by atoms with E-state index >= 15 is 0 Å². The Labute approximate surface area is 185 Å². The van der Waals surface area contributed by atoms with Gasteiger partial charge in [-0.15, -0.1) is 0 Å². The van der Waals surface area contributed by atoms with Crippen molar-refractivity contribution in [3.63, 3.8) is 0 Å². The highest BCUT2D eigenvalue weighted by Crippen LogP contribution is 2.33. The van der Waals surface area contributed by atoms with Crippen LogP contribution in [0.5, 0.6) is 0 Å². The lowest BCUT2D eigenvalue weighted by Crippen LogP contribution is -2.19. The number of hydrogen-bond donors (Lipinski definition) is 1. The Balaban J connectivity index is 1.57. The van der Waals surface area contributed by atoms with E-state index in [-0.39, 0.29) is 23.8 Å². The molecule has 3 heterocycles. The molecule has 1 aromatic carbocycles. The molecule has 2 aromatic heterocycles. The maximum absolute atomic E-state index is 13.1. The van der Waals surface area contributed by atoms with Gasteiger partial charge in [-0.1, -0.05) is 0 Å². The van der Waals surface area contributed by atoms with E-state index < -0.39 is 22.4 Å². The zero-order valence-corrected chi connectivity index (χ0v) is 17.4. The van der Waals surface area contributed by atoms with Crippen molar-refractivity contribution < 1.29 is 18.1 Å². The van der Waals surface area contributed by atoms with Gasteiger partial charge in [-0.2, -0.15) is 13.2 Å². The molecule has 0 atom stereocenters. The fraction of sp³-hybridized carbons (Fsp3) is 0.350. The predicted octanol–water partition coefficient (Wildman–Crippen LogP) is 4.86. The second-order valence-electron chi connectivity index (χ2n) is 7.41. The Morgan fingerprint density at radius 3 is 2.59 bits per heavy atom. The van der Waals surface area contributed by atoms with Crippen molar-refractivity contribution in [3.05, 3.63) is 57.0 Å². The van der Waals surface area contributed by atoms with Gasteiger partial charge in [0, 0.05) is 37.2 Å². The highest BCUT2D eigenvalue weighted by atomic mass is 35.5. The van der Waals surface area contributed by atoms with Gasteiger partial charge in [0.1, 0.15) is 11.6 Å². The highest BCUT2D eigenvalue weighted by molar-refractivity contribution is 6.28. The normalized spacial score (nSPS) is 14.2. The minimum absolute atomic E-state index is 0.00503. The molecule has 0 aliphatic carbocycles. The molecule has 0 bridgehead atoms. The van der Waals surface area contributed by atoms with Crippen LogP contribution >= 0.6 is 11.6 Å². The maximum atomic E-state index is 13.1. The van der Waals surface area contributed by atoms with Gasteiger partial charge in [-0.05, 0) is 48.6 Å². The predicted molar refractivity (Wildman–Crippen MR) is 114 cm³/mol. The zero-order valence-electron chi connectivity index (χ0n) is 16.7. The first-order valence-electron chi connectivity index (χ1n) is 9.88. The minimum atomic E-state index is -4.68. The number of rotatable bonds is 6. The van der Waals surface area contributed by atoms with E-state index in [2.05, 4.69) is 25.2 Å². The molecule has 0 saturated carbocycles. The van der Waals surface area contributed by atoms with Crippen LogP contribution in [0.1, 0.15) is 24.0 Å².